The second-order valence-electron chi connectivity index (χ2n) is 6.80. The largest absolute Gasteiger partial charge is 0.474 e. The Morgan fingerprint density at radius 3 is 2.48 bits per heavy atom. The molecule has 0 radical (unpaired) electrons. The van der Waals surface area contributed by atoms with E-state index in [0.29, 0.717) is 12.5 Å². The number of piperidine rings is 1. The molecule has 1 aliphatic heterocycles. The summed E-state index contributed by atoms with van der Waals surface area (Å²) in [6, 6.07) is 3.99. The molecule has 152 valence electrons. The van der Waals surface area contributed by atoms with Crippen molar-refractivity contribution in [2.24, 2.45) is 0 Å². The van der Waals surface area contributed by atoms with Crippen LogP contribution in [0.15, 0.2) is 12.1 Å². The molecular formula is C20H34N4O3. The Morgan fingerprint density at radius 2 is 1.85 bits per heavy atom. The summed E-state index contributed by atoms with van der Waals surface area (Å²) in [7, 11) is 1.85. The molecule has 2 rings (SSSR count). The summed E-state index contributed by atoms with van der Waals surface area (Å²) in [4.78, 5) is 20.6. The fourth-order valence-corrected chi connectivity index (χ4v) is 3.23. The van der Waals surface area contributed by atoms with Crippen molar-refractivity contribution in [1.29, 1.82) is 0 Å². The van der Waals surface area contributed by atoms with Crippen molar-refractivity contribution in [3.8, 4) is 5.88 Å². The molecule has 1 N–H and O–H groups in total. The Balaban J connectivity index is 1.89. The van der Waals surface area contributed by atoms with Crippen LogP contribution in [0, 0.1) is 0 Å². The van der Waals surface area contributed by atoms with E-state index >= 15 is 0 Å². The lowest BCUT2D eigenvalue weighted by molar-refractivity contribution is 0.0817. The summed E-state index contributed by atoms with van der Waals surface area (Å²) in [6.45, 7) is 8.44. The number of aromatic nitrogens is 1. The zero-order chi connectivity index (χ0) is 19.5. The fraction of sp³-hybridized carbons (Fsp3) is 0.700. The lowest BCUT2D eigenvalue weighted by Crippen LogP contribution is -2.36. The molecule has 7 heteroatoms. The van der Waals surface area contributed by atoms with Crippen molar-refractivity contribution in [2.75, 3.05) is 56.7 Å². The lowest BCUT2D eigenvalue weighted by atomic mass is 10.1. The molecule has 0 unspecified atom stereocenters. The highest BCUT2D eigenvalue weighted by Gasteiger charge is 2.17. The van der Waals surface area contributed by atoms with E-state index in [9.17, 15) is 4.79 Å². The predicted molar refractivity (Wildman–Crippen MR) is 109 cm³/mol. The van der Waals surface area contributed by atoms with Gasteiger partial charge in [-0.3, -0.25) is 0 Å². The zero-order valence-electron chi connectivity index (χ0n) is 17.0. The Hall–Kier alpha value is -2.18. The molecule has 0 aliphatic carbocycles. The van der Waals surface area contributed by atoms with E-state index in [1.54, 1.807) is 4.90 Å². The summed E-state index contributed by atoms with van der Waals surface area (Å²) < 4.78 is 11.1. The second-order valence-corrected chi connectivity index (χ2v) is 6.80. The molecule has 1 saturated heterocycles. The number of pyridine rings is 1. The average Bonchev–Trinajstić information content (AvgIpc) is 2.71. The van der Waals surface area contributed by atoms with Crippen LogP contribution in [0.4, 0.5) is 16.3 Å². The minimum Gasteiger partial charge on any atom is -0.474 e. The van der Waals surface area contributed by atoms with Gasteiger partial charge in [0.05, 0.1) is 0 Å². The maximum atomic E-state index is 12.0. The number of nitrogens with one attached hydrogen (secondary N) is 1. The number of carbonyl (C=O) groups excluding carboxylic acids is 1. The lowest BCUT2D eigenvalue weighted by Gasteiger charge is -2.26. The molecule has 1 aromatic heterocycles. The molecule has 0 atom stereocenters. The molecule has 1 fully saturated rings. The highest BCUT2D eigenvalue weighted by molar-refractivity contribution is 5.67. The van der Waals surface area contributed by atoms with Crippen LogP contribution >= 0.6 is 0 Å². The van der Waals surface area contributed by atoms with Gasteiger partial charge in [-0.25, -0.2) is 4.79 Å². The number of carbonyl (C=O) groups is 1. The van der Waals surface area contributed by atoms with Crippen molar-refractivity contribution in [2.45, 2.75) is 46.0 Å². The molecule has 1 aromatic rings. The minimum absolute atomic E-state index is 0.226. The van der Waals surface area contributed by atoms with Crippen molar-refractivity contribution in [3.63, 3.8) is 0 Å². The Bertz CT molecular complexity index is 570. The summed E-state index contributed by atoms with van der Waals surface area (Å²) in [5, 5.41) is 3.09. The van der Waals surface area contributed by atoms with Gasteiger partial charge in [-0.2, -0.15) is 4.98 Å². The van der Waals surface area contributed by atoms with Gasteiger partial charge >= 0.3 is 6.09 Å². The van der Waals surface area contributed by atoms with Crippen LogP contribution in [0.5, 0.6) is 5.88 Å². The number of hydrogen-bond donors (Lipinski definition) is 1. The number of anilines is 2. The molecule has 7 nitrogen and oxygen atoms in total. The number of hydrogen-bond acceptors (Lipinski definition) is 6. The first kappa shape index (κ1) is 21.1. The number of rotatable bonds is 10. The van der Waals surface area contributed by atoms with Gasteiger partial charge in [-0.1, -0.05) is 13.8 Å². The normalized spacial score (nSPS) is 14.0. The molecular weight excluding hydrogens is 344 g/mol. The van der Waals surface area contributed by atoms with Gasteiger partial charge in [-0.15, -0.1) is 0 Å². The van der Waals surface area contributed by atoms with E-state index in [4.69, 9.17) is 9.47 Å². The number of likely N-dealkylation sites (tertiary alicyclic amines) is 1. The molecule has 0 spiro atoms. The van der Waals surface area contributed by atoms with Gasteiger partial charge in [-0.05, 0) is 32.1 Å². The minimum atomic E-state index is -0.243. The van der Waals surface area contributed by atoms with Crippen molar-refractivity contribution >= 4 is 17.6 Å². The number of amides is 1. The third-order valence-electron chi connectivity index (χ3n) is 4.57. The quantitative estimate of drug-likeness (QED) is 0.626. The van der Waals surface area contributed by atoms with E-state index < -0.39 is 0 Å². The van der Waals surface area contributed by atoms with Gasteiger partial charge < -0.3 is 24.6 Å². The van der Waals surface area contributed by atoms with Gasteiger partial charge in [0.15, 0.2) is 0 Å². The first-order valence-corrected chi connectivity index (χ1v) is 10.2. The maximum Gasteiger partial charge on any atom is 0.409 e. The van der Waals surface area contributed by atoms with E-state index in [-0.39, 0.29) is 12.7 Å². The molecule has 27 heavy (non-hydrogen) atoms. The van der Waals surface area contributed by atoms with Gasteiger partial charge in [0.25, 0.3) is 0 Å². The second kappa shape index (κ2) is 11.5. The number of ether oxygens (including phenoxy) is 2. The van der Waals surface area contributed by atoms with Crippen LogP contribution in [-0.4, -0.2) is 62.4 Å². The van der Waals surface area contributed by atoms with Crippen molar-refractivity contribution in [3.05, 3.63) is 12.1 Å². The predicted octanol–water partition coefficient (Wildman–Crippen LogP) is 3.75. The molecule has 0 saturated carbocycles. The summed E-state index contributed by atoms with van der Waals surface area (Å²) in [5.74, 6) is 1.31. The highest BCUT2D eigenvalue weighted by Crippen LogP contribution is 2.24. The van der Waals surface area contributed by atoms with Crippen molar-refractivity contribution < 1.29 is 14.3 Å². The third kappa shape index (κ3) is 6.81. The molecule has 0 aromatic carbocycles. The first-order valence-electron chi connectivity index (χ1n) is 10.2. The van der Waals surface area contributed by atoms with E-state index in [2.05, 4.69) is 29.0 Å². The molecule has 2 heterocycles. The van der Waals surface area contributed by atoms with Crippen LogP contribution in [0.1, 0.15) is 46.0 Å². The van der Waals surface area contributed by atoms with Crippen LogP contribution in [0.3, 0.4) is 0 Å². The van der Waals surface area contributed by atoms with Crippen LogP contribution < -0.4 is 15.0 Å². The summed E-state index contributed by atoms with van der Waals surface area (Å²) >= 11 is 0. The number of nitrogens with zero attached hydrogens (tertiary/aromatic N) is 3. The monoisotopic (exact) mass is 378 g/mol. The van der Waals surface area contributed by atoms with Crippen LogP contribution in [0.25, 0.3) is 0 Å². The first-order chi connectivity index (χ1) is 13.2. The summed E-state index contributed by atoms with van der Waals surface area (Å²) in [6.07, 6.45) is 5.23. The van der Waals surface area contributed by atoms with Crippen molar-refractivity contribution in [1.82, 2.24) is 9.88 Å². The fourth-order valence-electron chi connectivity index (χ4n) is 3.23. The Kier molecular flexibility index (Phi) is 9.01. The third-order valence-corrected chi connectivity index (χ3v) is 4.57. The Morgan fingerprint density at radius 1 is 1.15 bits per heavy atom. The standard InChI is InChI=1S/C20H34N4O3/c1-4-9-23(10-5-2)17-15-18(21-3)22-19(16-17)26-13-14-27-20(25)24-11-7-6-8-12-24/h15-16H,4-14H2,1-3H3,(H,21,22). The van der Waals surface area contributed by atoms with Gasteiger partial charge in [0.1, 0.15) is 19.0 Å². The maximum absolute atomic E-state index is 12.0. The van der Waals surface area contributed by atoms with E-state index in [1.165, 1.54) is 6.42 Å². The summed E-state index contributed by atoms with van der Waals surface area (Å²) in [5.41, 5.74) is 1.10. The average molecular weight is 379 g/mol. The molecule has 1 amide bonds. The van der Waals surface area contributed by atoms with E-state index in [0.717, 1.165) is 63.4 Å². The zero-order valence-corrected chi connectivity index (χ0v) is 17.0. The topological polar surface area (TPSA) is 66.9 Å². The molecule has 0 bridgehead atoms. The van der Waals surface area contributed by atoms with Gasteiger partial charge in [0, 0.05) is 51.0 Å². The van der Waals surface area contributed by atoms with Crippen LogP contribution in [0.2, 0.25) is 0 Å². The smallest absolute Gasteiger partial charge is 0.409 e. The van der Waals surface area contributed by atoms with E-state index in [1.807, 2.05) is 19.2 Å². The highest BCUT2D eigenvalue weighted by atomic mass is 16.6. The Labute approximate surface area is 163 Å². The van der Waals surface area contributed by atoms with Gasteiger partial charge in [0.2, 0.25) is 5.88 Å². The molecule has 1 aliphatic rings. The van der Waals surface area contributed by atoms with Crippen LogP contribution in [-0.2, 0) is 4.74 Å². The SMILES string of the molecule is CCCN(CCC)c1cc(NC)nc(OCCOC(=O)N2CCCCC2)c1.